The first-order valence-electron chi connectivity index (χ1n) is 5.08. The second-order valence-corrected chi connectivity index (χ2v) is 3.88. The average Bonchev–Trinajstić information content (AvgIpc) is 2.25. The van der Waals surface area contributed by atoms with Crippen LogP contribution in [0, 0.1) is 17.1 Å². The topological polar surface area (TPSA) is 49.8 Å². The number of nitriles is 1. The minimum Gasteiger partial charge on any atom is -0.323 e. The molecule has 0 amide bonds. The second-order valence-electron chi connectivity index (χ2n) is 3.88. The van der Waals surface area contributed by atoms with Gasteiger partial charge >= 0.3 is 12.4 Å². The van der Waals surface area contributed by atoms with Gasteiger partial charge in [-0.05, 0) is 12.1 Å². The van der Waals surface area contributed by atoms with Gasteiger partial charge in [-0.1, -0.05) is 0 Å². The smallest absolute Gasteiger partial charge is 0.323 e. The van der Waals surface area contributed by atoms with E-state index in [0.717, 1.165) is 0 Å². The van der Waals surface area contributed by atoms with Crippen LogP contribution < -0.4 is 5.73 Å². The summed E-state index contributed by atoms with van der Waals surface area (Å²) in [4.78, 5) is 0. The fraction of sp³-hybridized carbons (Fsp3) is 0.364. The standard InChI is InChI=1S/C11H7F7N2/c12-7-4-5(10(13,14)15)3-6(11(16,17)18)9(7)8(20)1-2-19/h3-4,8H,1,20H2/t8-/m1/s1. The van der Waals surface area contributed by atoms with Gasteiger partial charge in [0.1, 0.15) is 5.82 Å². The maximum absolute atomic E-state index is 13.6. The predicted molar refractivity (Wildman–Crippen MR) is 53.6 cm³/mol. The number of hydrogen-bond donors (Lipinski definition) is 1. The van der Waals surface area contributed by atoms with Crippen molar-refractivity contribution >= 4 is 0 Å². The fourth-order valence-corrected chi connectivity index (χ4v) is 1.59. The maximum atomic E-state index is 13.6. The third kappa shape index (κ3) is 3.39. The molecule has 0 aliphatic rings. The number of nitrogens with zero attached hydrogens (tertiary/aromatic N) is 1. The van der Waals surface area contributed by atoms with Gasteiger partial charge in [0.15, 0.2) is 0 Å². The molecule has 9 heteroatoms. The van der Waals surface area contributed by atoms with Crippen molar-refractivity contribution in [1.29, 1.82) is 5.26 Å². The number of rotatable bonds is 2. The Morgan fingerprint density at radius 3 is 2.05 bits per heavy atom. The minimum atomic E-state index is -5.22. The van der Waals surface area contributed by atoms with Crippen LogP contribution in [-0.4, -0.2) is 0 Å². The summed E-state index contributed by atoms with van der Waals surface area (Å²) in [5.41, 5.74) is 0.478. The molecule has 2 N–H and O–H groups in total. The van der Waals surface area contributed by atoms with Gasteiger partial charge in [0.05, 0.1) is 23.6 Å². The number of nitrogens with two attached hydrogens (primary N) is 1. The van der Waals surface area contributed by atoms with Crippen molar-refractivity contribution in [3.63, 3.8) is 0 Å². The molecule has 0 heterocycles. The summed E-state index contributed by atoms with van der Waals surface area (Å²) in [7, 11) is 0. The van der Waals surface area contributed by atoms with E-state index in [0.29, 0.717) is 0 Å². The third-order valence-electron chi connectivity index (χ3n) is 2.44. The van der Waals surface area contributed by atoms with Crippen LogP contribution in [0.1, 0.15) is 29.2 Å². The van der Waals surface area contributed by atoms with Crippen LogP contribution in [-0.2, 0) is 12.4 Å². The van der Waals surface area contributed by atoms with Gasteiger partial charge in [-0.25, -0.2) is 4.39 Å². The number of hydrogen-bond acceptors (Lipinski definition) is 2. The molecule has 1 rings (SSSR count). The highest BCUT2D eigenvalue weighted by atomic mass is 19.4. The normalized spacial score (nSPS) is 13.9. The van der Waals surface area contributed by atoms with Crippen LogP contribution in [0.25, 0.3) is 0 Å². The van der Waals surface area contributed by atoms with Gasteiger partial charge in [-0.2, -0.15) is 31.6 Å². The molecule has 0 aromatic heterocycles. The van der Waals surface area contributed by atoms with Gasteiger partial charge in [-0.15, -0.1) is 0 Å². The molecule has 0 spiro atoms. The zero-order chi connectivity index (χ0) is 15.7. The van der Waals surface area contributed by atoms with E-state index in [1.54, 1.807) is 0 Å². The van der Waals surface area contributed by atoms with E-state index in [1.165, 1.54) is 6.07 Å². The van der Waals surface area contributed by atoms with E-state index >= 15 is 0 Å². The first kappa shape index (κ1) is 16.2. The van der Waals surface area contributed by atoms with E-state index in [4.69, 9.17) is 11.0 Å². The van der Waals surface area contributed by atoms with Gasteiger partial charge in [-0.3, -0.25) is 0 Å². The summed E-state index contributed by atoms with van der Waals surface area (Å²) in [5, 5.41) is 8.35. The Kier molecular flexibility index (Phi) is 4.29. The Morgan fingerprint density at radius 2 is 1.65 bits per heavy atom. The lowest BCUT2D eigenvalue weighted by atomic mass is 9.95. The molecule has 0 radical (unpaired) electrons. The highest BCUT2D eigenvalue weighted by Gasteiger charge is 2.40. The van der Waals surface area contributed by atoms with Crippen molar-refractivity contribution in [2.24, 2.45) is 5.73 Å². The molecular formula is C11H7F7N2. The van der Waals surface area contributed by atoms with Crippen LogP contribution in [0.5, 0.6) is 0 Å². The molecule has 0 aliphatic carbocycles. The van der Waals surface area contributed by atoms with Crippen LogP contribution in [0.15, 0.2) is 12.1 Å². The molecule has 20 heavy (non-hydrogen) atoms. The summed E-state index contributed by atoms with van der Waals surface area (Å²) < 4.78 is 88.9. The Balaban J connectivity index is 3.57. The number of alkyl halides is 6. The molecule has 0 aliphatic heterocycles. The predicted octanol–water partition coefficient (Wildman–Crippen LogP) is 3.78. The summed E-state index contributed by atoms with van der Waals surface area (Å²) in [5.74, 6) is -1.74. The lowest BCUT2D eigenvalue weighted by Crippen LogP contribution is -2.21. The van der Waals surface area contributed by atoms with E-state index in [-0.39, 0.29) is 12.1 Å². The third-order valence-corrected chi connectivity index (χ3v) is 2.44. The molecule has 1 aromatic rings. The Labute approximate surface area is 108 Å². The SMILES string of the molecule is N#CC[C@@H](N)c1c(F)cc(C(F)(F)F)cc1C(F)(F)F. The van der Waals surface area contributed by atoms with Crippen LogP contribution in [0.2, 0.25) is 0 Å². The zero-order valence-corrected chi connectivity index (χ0v) is 9.61. The second kappa shape index (κ2) is 5.28. The van der Waals surface area contributed by atoms with Crippen molar-refractivity contribution in [3.05, 3.63) is 34.6 Å². The molecule has 0 unspecified atom stereocenters. The molecule has 110 valence electrons. The highest BCUT2D eigenvalue weighted by Crippen LogP contribution is 2.40. The summed E-state index contributed by atoms with van der Waals surface area (Å²) >= 11 is 0. The molecule has 0 bridgehead atoms. The molecular weight excluding hydrogens is 293 g/mol. The first-order valence-corrected chi connectivity index (χ1v) is 5.08. The number of benzene rings is 1. The molecule has 1 aromatic carbocycles. The molecule has 0 saturated heterocycles. The fourth-order valence-electron chi connectivity index (χ4n) is 1.59. The number of halogens is 7. The first-order chi connectivity index (χ1) is 8.98. The van der Waals surface area contributed by atoms with Crippen LogP contribution in [0.4, 0.5) is 30.7 Å². The molecule has 0 saturated carbocycles. The van der Waals surface area contributed by atoms with Crippen LogP contribution >= 0.6 is 0 Å². The monoisotopic (exact) mass is 300 g/mol. The van der Waals surface area contributed by atoms with Gasteiger partial charge in [0, 0.05) is 11.6 Å². The zero-order valence-electron chi connectivity index (χ0n) is 9.61. The minimum absolute atomic E-state index is 0.0677. The summed E-state index contributed by atoms with van der Waals surface area (Å²) in [6.45, 7) is 0. The lowest BCUT2D eigenvalue weighted by Gasteiger charge is -2.19. The quantitative estimate of drug-likeness (QED) is 0.845. The van der Waals surface area contributed by atoms with E-state index < -0.39 is 47.3 Å². The van der Waals surface area contributed by atoms with Crippen molar-refractivity contribution in [3.8, 4) is 6.07 Å². The van der Waals surface area contributed by atoms with Gasteiger partial charge < -0.3 is 5.73 Å². The van der Waals surface area contributed by atoms with E-state index in [2.05, 4.69) is 0 Å². The lowest BCUT2D eigenvalue weighted by molar-refractivity contribution is -0.144. The van der Waals surface area contributed by atoms with Gasteiger partial charge in [0.2, 0.25) is 0 Å². The van der Waals surface area contributed by atoms with Crippen molar-refractivity contribution in [1.82, 2.24) is 0 Å². The molecule has 0 fully saturated rings. The van der Waals surface area contributed by atoms with E-state index in [1.807, 2.05) is 0 Å². The Bertz CT molecular complexity index is 539. The summed E-state index contributed by atoms with van der Waals surface area (Å²) in [6, 6.07) is -0.513. The average molecular weight is 300 g/mol. The van der Waals surface area contributed by atoms with Crippen molar-refractivity contribution < 1.29 is 30.7 Å². The Hall–Kier alpha value is -1.82. The largest absolute Gasteiger partial charge is 0.416 e. The maximum Gasteiger partial charge on any atom is 0.416 e. The van der Waals surface area contributed by atoms with Crippen molar-refractivity contribution in [2.75, 3.05) is 0 Å². The molecule has 2 nitrogen and oxygen atoms in total. The van der Waals surface area contributed by atoms with Crippen LogP contribution in [0.3, 0.4) is 0 Å². The van der Waals surface area contributed by atoms with Gasteiger partial charge in [0.25, 0.3) is 0 Å². The molecule has 1 atom stereocenters. The summed E-state index contributed by atoms with van der Waals surface area (Å²) in [6.07, 6.45) is -11.0. The van der Waals surface area contributed by atoms with Crippen molar-refractivity contribution in [2.45, 2.75) is 24.8 Å². The Morgan fingerprint density at radius 1 is 1.10 bits per heavy atom. The highest BCUT2D eigenvalue weighted by molar-refractivity contribution is 5.39. The van der Waals surface area contributed by atoms with E-state index in [9.17, 15) is 30.7 Å².